The molecular weight excluding hydrogens is 339 g/mol. The number of nitrogens with one attached hydrogen (secondary N) is 1. The maximum Gasteiger partial charge on any atom is 0.264 e. The van der Waals surface area contributed by atoms with Crippen LogP contribution in [0.15, 0.2) is 53.9 Å². The zero-order valence-electron chi connectivity index (χ0n) is 13.7. The first-order valence-electron chi connectivity index (χ1n) is 7.87. The highest BCUT2D eigenvalue weighted by Crippen LogP contribution is 2.25. The molecule has 1 amide bonds. The van der Waals surface area contributed by atoms with Gasteiger partial charge in [0.15, 0.2) is 11.7 Å². The Hall–Kier alpha value is -2.73. The van der Waals surface area contributed by atoms with Gasteiger partial charge >= 0.3 is 0 Å². The Labute approximate surface area is 149 Å². The molecule has 4 nitrogen and oxygen atoms in total. The molecule has 1 aromatic heterocycles. The summed E-state index contributed by atoms with van der Waals surface area (Å²) in [4.78, 5) is 16.4. The molecule has 0 saturated heterocycles. The van der Waals surface area contributed by atoms with Gasteiger partial charge in [-0.25, -0.2) is 9.37 Å². The van der Waals surface area contributed by atoms with Crippen LogP contribution in [0.2, 0.25) is 0 Å². The van der Waals surface area contributed by atoms with Crippen molar-refractivity contribution in [1.82, 2.24) is 4.98 Å². The molecule has 3 rings (SSSR count). The Morgan fingerprint density at radius 3 is 2.72 bits per heavy atom. The Kier molecular flexibility index (Phi) is 5.40. The molecule has 0 unspecified atom stereocenters. The lowest BCUT2D eigenvalue weighted by Gasteiger charge is -2.09. The van der Waals surface area contributed by atoms with Crippen molar-refractivity contribution in [3.63, 3.8) is 0 Å². The van der Waals surface area contributed by atoms with Crippen molar-refractivity contribution in [1.29, 1.82) is 0 Å². The van der Waals surface area contributed by atoms with Crippen LogP contribution in [0.3, 0.4) is 0 Å². The first kappa shape index (κ1) is 17.1. The largest absolute Gasteiger partial charge is 0.483 e. The number of hydrogen-bond acceptors (Lipinski definition) is 4. The lowest BCUT2D eigenvalue weighted by atomic mass is 10.1. The van der Waals surface area contributed by atoms with Crippen LogP contribution in [-0.4, -0.2) is 17.5 Å². The van der Waals surface area contributed by atoms with Crippen LogP contribution < -0.4 is 10.1 Å². The summed E-state index contributed by atoms with van der Waals surface area (Å²) in [5, 5.41) is 5.02. The number of aromatic nitrogens is 1. The molecular formula is C19H17FN2O2S. The second kappa shape index (κ2) is 7.90. The van der Waals surface area contributed by atoms with Gasteiger partial charge in [0.25, 0.3) is 5.91 Å². The Balaban J connectivity index is 1.59. The number of nitrogens with zero attached hydrogens (tertiary/aromatic N) is 1. The molecule has 3 aromatic rings. The van der Waals surface area contributed by atoms with Gasteiger partial charge in [0.05, 0.1) is 5.69 Å². The number of ether oxygens (including phenoxy) is 1. The fourth-order valence-corrected chi connectivity index (χ4v) is 3.06. The molecule has 0 radical (unpaired) electrons. The topological polar surface area (TPSA) is 51.2 Å². The van der Waals surface area contributed by atoms with Crippen molar-refractivity contribution in [2.45, 2.75) is 13.3 Å². The van der Waals surface area contributed by atoms with E-state index in [-0.39, 0.29) is 18.3 Å². The minimum atomic E-state index is -0.294. The molecule has 0 spiro atoms. The zero-order chi connectivity index (χ0) is 17.6. The van der Waals surface area contributed by atoms with Gasteiger partial charge in [-0.15, -0.1) is 11.3 Å². The predicted octanol–water partition coefficient (Wildman–Crippen LogP) is 4.53. The summed E-state index contributed by atoms with van der Waals surface area (Å²) in [6.45, 7) is 1.96. The second-order valence-electron chi connectivity index (χ2n) is 5.34. The summed E-state index contributed by atoms with van der Waals surface area (Å²) in [5.74, 6) is 0.147. The van der Waals surface area contributed by atoms with Crippen LogP contribution in [0.4, 0.5) is 9.52 Å². The lowest BCUT2D eigenvalue weighted by molar-refractivity contribution is -0.118. The second-order valence-corrected chi connectivity index (χ2v) is 6.20. The van der Waals surface area contributed by atoms with Crippen molar-refractivity contribution in [2.75, 3.05) is 11.9 Å². The highest BCUT2D eigenvalue weighted by atomic mass is 32.1. The SMILES string of the molecule is CCc1ccccc1OCC(=O)Nc1nc(-c2ccc(F)cc2)cs1. The Morgan fingerprint density at radius 2 is 1.96 bits per heavy atom. The van der Waals surface area contributed by atoms with E-state index < -0.39 is 0 Å². The highest BCUT2D eigenvalue weighted by Gasteiger charge is 2.10. The molecule has 0 atom stereocenters. The van der Waals surface area contributed by atoms with Gasteiger partial charge in [-0.2, -0.15) is 0 Å². The molecule has 1 heterocycles. The Bertz CT molecular complexity index is 862. The molecule has 0 bridgehead atoms. The number of carbonyl (C=O) groups is 1. The van der Waals surface area contributed by atoms with Gasteiger partial charge < -0.3 is 4.74 Å². The van der Waals surface area contributed by atoms with Crippen LogP contribution in [0.5, 0.6) is 5.75 Å². The van der Waals surface area contributed by atoms with Crippen molar-refractivity contribution < 1.29 is 13.9 Å². The van der Waals surface area contributed by atoms with E-state index in [1.54, 1.807) is 12.1 Å². The van der Waals surface area contributed by atoms with Gasteiger partial charge in [-0.1, -0.05) is 25.1 Å². The van der Waals surface area contributed by atoms with E-state index >= 15 is 0 Å². The molecule has 0 fully saturated rings. The third kappa shape index (κ3) is 4.42. The fourth-order valence-electron chi connectivity index (χ4n) is 2.32. The summed E-state index contributed by atoms with van der Waals surface area (Å²) < 4.78 is 18.6. The van der Waals surface area contributed by atoms with Crippen molar-refractivity contribution in [2.24, 2.45) is 0 Å². The number of hydrogen-bond donors (Lipinski definition) is 1. The first-order valence-corrected chi connectivity index (χ1v) is 8.75. The first-order chi connectivity index (χ1) is 12.2. The van der Waals surface area contributed by atoms with Crippen LogP contribution >= 0.6 is 11.3 Å². The molecule has 128 valence electrons. The third-order valence-corrected chi connectivity index (χ3v) is 4.36. The molecule has 1 N–H and O–H groups in total. The van der Waals surface area contributed by atoms with Gasteiger partial charge in [-0.3, -0.25) is 10.1 Å². The van der Waals surface area contributed by atoms with Crippen LogP contribution in [-0.2, 0) is 11.2 Å². The number of thiazole rings is 1. The normalized spacial score (nSPS) is 10.5. The van der Waals surface area contributed by atoms with Crippen LogP contribution in [0.25, 0.3) is 11.3 Å². The smallest absolute Gasteiger partial charge is 0.264 e. The van der Waals surface area contributed by atoms with Crippen molar-refractivity contribution >= 4 is 22.4 Å². The molecule has 0 aliphatic carbocycles. The zero-order valence-corrected chi connectivity index (χ0v) is 14.5. The van der Waals surface area contributed by atoms with Crippen molar-refractivity contribution in [3.05, 3.63) is 65.3 Å². The number of aryl methyl sites for hydroxylation is 1. The number of anilines is 1. The standard InChI is InChI=1S/C19H17FN2O2S/c1-2-13-5-3-4-6-17(13)24-11-18(23)22-19-21-16(12-25-19)14-7-9-15(20)10-8-14/h3-10,12H,2,11H2,1H3,(H,21,22,23). The molecule has 0 aliphatic heterocycles. The van der Waals surface area contributed by atoms with Gasteiger partial charge in [0.2, 0.25) is 0 Å². The number of para-hydroxylation sites is 1. The van der Waals surface area contributed by atoms with Gasteiger partial charge in [0.1, 0.15) is 11.6 Å². The minimum absolute atomic E-state index is 0.0809. The van der Waals surface area contributed by atoms with Gasteiger partial charge in [-0.05, 0) is 42.3 Å². The summed E-state index contributed by atoms with van der Waals surface area (Å²) in [6.07, 6.45) is 0.839. The monoisotopic (exact) mass is 356 g/mol. The highest BCUT2D eigenvalue weighted by molar-refractivity contribution is 7.14. The van der Waals surface area contributed by atoms with E-state index in [9.17, 15) is 9.18 Å². The number of rotatable bonds is 6. The minimum Gasteiger partial charge on any atom is -0.483 e. The van der Waals surface area contributed by atoms with E-state index in [1.165, 1.54) is 23.5 Å². The Morgan fingerprint density at radius 1 is 1.20 bits per heavy atom. The molecule has 0 saturated carbocycles. The average molecular weight is 356 g/mol. The van der Waals surface area contributed by atoms with Gasteiger partial charge in [0, 0.05) is 10.9 Å². The maximum atomic E-state index is 13.0. The van der Waals surface area contributed by atoms with E-state index in [0.29, 0.717) is 16.6 Å². The van der Waals surface area contributed by atoms with E-state index in [0.717, 1.165) is 17.5 Å². The number of benzene rings is 2. The summed E-state index contributed by atoms with van der Waals surface area (Å²) in [6, 6.07) is 13.7. The van der Waals surface area contributed by atoms with E-state index in [1.807, 2.05) is 36.6 Å². The molecule has 0 aliphatic rings. The fraction of sp³-hybridized carbons (Fsp3) is 0.158. The third-order valence-electron chi connectivity index (χ3n) is 3.60. The summed E-state index contributed by atoms with van der Waals surface area (Å²) in [5.41, 5.74) is 2.55. The predicted molar refractivity (Wildman–Crippen MR) is 97.5 cm³/mol. The maximum absolute atomic E-state index is 13.0. The average Bonchev–Trinajstić information content (AvgIpc) is 3.09. The summed E-state index contributed by atoms with van der Waals surface area (Å²) >= 11 is 1.31. The van der Waals surface area contributed by atoms with Crippen LogP contribution in [0, 0.1) is 5.82 Å². The number of halogens is 1. The lowest BCUT2D eigenvalue weighted by Crippen LogP contribution is -2.20. The van der Waals surface area contributed by atoms with Crippen molar-refractivity contribution in [3.8, 4) is 17.0 Å². The molecule has 2 aromatic carbocycles. The quantitative estimate of drug-likeness (QED) is 0.706. The van der Waals surface area contributed by atoms with E-state index in [2.05, 4.69) is 10.3 Å². The number of carbonyl (C=O) groups excluding carboxylic acids is 1. The molecule has 6 heteroatoms. The van der Waals surface area contributed by atoms with Crippen LogP contribution in [0.1, 0.15) is 12.5 Å². The number of amides is 1. The summed E-state index contributed by atoms with van der Waals surface area (Å²) in [7, 11) is 0. The van der Waals surface area contributed by atoms with E-state index in [4.69, 9.17) is 4.74 Å². The molecule has 25 heavy (non-hydrogen) atoms.